The van der Waals surface area contributed by atoms with Gasteiger partial charge >= 0.3 is 0 Å². The quantitative estimate of drug-likeness (QED) is 0.534. The molecule has 7 heteroatoms. The van der Waals surface area contributed by atoms with Gasteiger partial charge in [-0.15, -0.1) is 0 Å². The van der Waals surface area contributed by atoms with Crippen molar-refractivity contribution in [3.63, 3.8) is 0 Å². The lowest BCUT2D eigenvalue weighted by Gasteiger charge is -2.26. The molecule has 0 spiro atoms. The van der Waals surface area contributed by atoms with Crippen LogP contribution in [0.4, 0.5) is 0 Å². The molecule has 1 atom stereocenters. The van der Waals surface area contributed by atoms with Crippen LogP contribution in [0.1, 0.15) is 52.4 Å². The molecule has 0 saturated carbocycles. The van der Waals surface area contributed by atoms with Gasteiger partial charge in [-0.2, -0.15) is 4.31 Å². The summed E-state index contributed by atoms with van der Waals surface area (Å²) in [6.45, 7) is 3.01. The summed E-state index contributed by atoms with van der Waals surface area (Å²) >= 11 is 0. The van der Waals surface area contributed by atoms with Crippen molar-refractivity contribution in [3.8, 4) is 5.75 Å². The third-order valence-corrected chi connectivity index (χ3v) is 8.08. The van der Waals surface area contributed by atoms with Gasteiger partial charge in [0.2, 0.25) is 10.0 Å². The molecule has 3 aromatic carbocycles. The number of piperidine rings is 1. The predicted molar refractivity (Wildman–Crippen MR) is 133 cm³/mol. The zero-order chi connectivity index (χ0) is 24.1. The van der Waals surface area contributed by atoms with E-state index in [2.05, 4.69) is 5.32 Å². The molecule has 0 aromatic heterocycles. The van der Waals surface area contributed by atoms with Gasteiger partial charge in [0.25, 0.3) is 5.91 Å². The molecule has 6 nitrogen and oxygen atoms in total. The van der Waals surface area contributed by atoms with Crippen LogP contribution < -0.4 is 10.1 Å². The van der Waals surface area contributed by atoms with Crippen molar-refractivity contribution in [1.29, 1.82) is 0 Å². The van der Waals surface area contributed by atoms with Gasteiger partial charge in [0.15, 0.2) is 0 Å². The molecular formula is C27H30N2O4S. The number of methoxy groups -OCH3 is 1. The molecule has 0 aliphatic carbocycles. The largest absolute Gasteiger partial charge is 0.496 e. The fourth-order valence-corrected chi connectivity index (χ4v) is 5.80. The summed E-state index contributed by atoms with van der Waals surface area (Å²) in [5.41, 5.74) is 3.17. The van der Waals surface area contributed by atoms with Crippen LogP contribution in [-0.2, 0) is 10.0 Å². The van der Waals surface area contributed by atoms with Crippen molar-refractivity contribution < 1.29 is 17.9 Å². The number of carbonyl (C=O) groups is 1. The van der Waals surface area contributed by atoms with Crippen LogP contribution in [0.5, 0.6) is 5.75 Å². The fourth-order valence-electron chi connectivity index (χ4n) is 4.25. The molecule has 1 aliphatic rings. The van der Waals surface area contributed by atoms with Crippen LogP contribution in [0.15, 0.2) is 77.7 Å². The molecule has 1 fully saturated rings. The Bertz CT molecular complexity index is 1240. The average Bonchev–Trinajstić information content (AvgIpc) is 2.88. The number of benzene rings is 3. The molecule has 1 amide bonds. The summed E-state index contributed by atoms with van der Waals surface area (Å²) in [4.78, 5) is 13.6. The SMILES string of the molecule is COc1ccc(S(=O)(=O)N2CCCCC2)cc1C(=O)N[C@H](c1ccccc1)c1ccc(C)cc1. The van der Waals surface area contributed by atoms with E-state index < -0.39 is 22.0 Å². The van der Waals surface area contributed by atoms with E-state index in [1.165, 1.54) is 23.5 Å². The standard InChI is InChI=1S/C27H30N2O4S/c1-20-11-13-22(14-12-20)26(21-9-5-3-6-10-21)28-27(30)24-19-23(15-16-25(24)33-2)34(31,32)29-17-7-4-8-18-29/h3,5-6,9-16,19,26H,4,7-8,17-18H2,1-2H3,(H,28,30)/t26-/m1/s1. The average molecular weight is 479 g/mol. The summed E-state index contributed by atoms with van der Waals surface area (Å²) in [5.74, 6) is -0.0761. The van der Waals surface area contributed by atoms with Crippen LogP contribution in [-0.4, -0.2) is 38.8 Å². The van der Waals surface area contributed by atoms with E-state index >= 15 is 0 Å². The van der Waals surface area contributed by atoms with Gasteiger partial charge < -0.3 is 10.1 Å². The first-order valence-corrected chi connectivity index (χ1v) is 12.9. The van der Waals surface area contributed by atoms with Crippen molar-refractivity contribution in [1.82, 2.24) is 9.62 Å². The van der Waals surface area contributed by atoms with E-state index in [-0.39, 0.29) is 10.5 Å². The lowest BCUT2D eigenvalue weighted by Crippen LogP contribution is -2.36. The molecule has 0 radical (unpaired) electrons. The molecule has 1 aliphatic heterocycles. The Morgan fingerprint density at radius 1 is 0.912 bits per heavy atom. The lowest BCUT2D eigenvalue weighted by molar-refractivity contribution is 0.0939. The van der Waals surface area contributed by atoms with Gasteiger partial charge in [0, 0.05) is 13.1 Å². The van der Waals surface area contributed by atoms with Gasteiger partial charge in [-0.25, -0.2) is 8.42 Å². The maximum absolute atomic E-state index is 13.5. The molecule has 0 unspecified atom stereocenters. The van der Waals surface area contributed by atoms with Crippen LogP contribution in [0, 0.1) is 6.92 Å². The van der Waals surface area contributed by atoms with Crippen molar-refractivity contribution >= 4 is 15.9 Å². The number of nitrogens with one attached hydrogen (secondary N) is 1. The zero-order valence-corrected chi connectivity index (χ0v) is 20.3. The Balaban J connectivity index is 1.69. The lowest BCUT2D eigenvalue weighted by atomic mass is 9.97. The molecular weight excluding hydrogens is 448 g/mol. The maximum atomic E-state index is 13.5. The summed E-state index contributed by atoms with van der Waals surface area (Å²) in [6.07, 6.45) is 2.72. The van der Waals surface area contributed by atoms with Gasteiger partial charge in [-0.1, -0.05) is 66.6 Å². The second-order valence-electron chi connectivity index (χ2n) is 8.55. The van der Waals surface area contributed by atoms with Gasteiger partial charge in [-0.05, 0) is 49.1 Å². The van der Waals surface area contributed by atoms with E-state index in [4.69, 9.17) is 4.74 Å². The molecule has 3 aromatic rings. The monoisotopic (exact) mass is 478 g/mol. The number of hydrogen-bond donors (Lipinski definition) is 1. The summed E-state index contributed by atoms with van der Waals surface area (Å²) < 4.78 is 33.3. The highest BCUT2D eigenvalue weighted by molar-refractivity contribution is 7.89. The highest BCUT2D eigenvalue weighted by Crippen LogP contribution is 2.28. The zero-order valence-electron chi connectivity index (χ0n) is 19.5. The van der Waals surface area contributed by atoms with Crippen molar-refractivity contribution in [3.05, 3.63) is 95.1 Å². The molecule has 0 bridgehead atoms. The minimum Gasteiger partial charge on any atom is -0.496 e. The fraction of sp³-hybridized carbons (Fsp3) is 0.296. The van der Waals surface area contributed by atoms with E-state index in [0.717, 1.165) is 36.0 Å². The first-order chi connectivity index (χ1) is 16.4. The number of ether oxygens (including phenoxy) is 1. The second kappa shape index (κ2) is 10.4. The van der Waals surface area contributed by atoms with Crippen LogP contribution >= 0.6 is 0 Å². The number of nitrogens with zero attached hydrogens (tertiary/aromatic N) is 1. The second-order valence-corrected chi connectivity index (χ2v) is 10.5. The van der Waals surface area contributed by atoms with Crippen molar-refractivity contribution in [2.45, 2.75) is 37.1 Å². The third kappa shape index (κ3) is 5.16. The first-order valence-electron chi connectivity index (χ1n) is 11.5. The predicted octanol–water partition coefficient (Wildman–Crippen LogP) is 4.70. The van der Waals surface area contributed by atoms with Crippen LogP contribution in [0.2, 0.25) is 0 Å². The van der Waals surface area contributed by atoms with E-state index in [0.29, 0.717) is 18.8 Å². The number of amides is 1. The van der Waals surface area contributed by atoms with E-state index in [1.54, 1.807) is 6.07 Å². The highest BCUT2D eigenvalue weighted by atomic mass is 32.2. The van der Waals surface area contributed by atoms with Crippen LogP contribution in [0.3, 0.4) is 0 Å². The number of aryl methyl sites for hydroxylation is 1. The minimum absolute atomic E-state index is 0.104. The molecule has 1 saturated heterocycles. The molecule has 34 heavy (non-hydrogen) atoms. The summed E-state index contributed by atoms with van der Waals surface area (Å²) in [5, 5.41) is 3.09. The normalized spacial score (nSPS) is 15.5. The Kier molecular flexibility index (Phi) is 7.34. The Morgan fingerprint density at radius 2 is 1.56 bits per heavy atom. The van der Waals surface area contributed by atoms with Crippen molar-refractivity contribution in [2.75, 3.05) is 20.2 Å². The van der Waals surface area contributed by atoms with Crippen LogP contribution in [0.25, 0.3) is 0 Å². The summed E-state index contributed by atoms with van der Waals surface area (Å²) in [7, 11) is -2.21. The van der Waals surface area contributed by atoms with Crippen molar-refractivity contribution in [2.24, 2.45) is 0 Å². The van der Waals surface area contributed by atoms with E-state index in [9.17, 15) is 13.2 Å². The molecule has 4 rings (SSSR count). The molecule has 1 heterocycles. The maximum Gasteiger partial charge on any atom is 0.255 e. The topological polar surface area (TPSA) is 75.7 Å². The van der Waals surface area contributed by atoms with E-state index in [1.807, 2.05) is 61.5 Å². The minimum atomic E-state index is -3.68. The van der Waals surface area contributed by atoms with Gasteiger partial charge in [0.05, 0.1) is 23.6 Å². The third-order valence-electron chi connectivity index (χ3n) is 6.19. The summed E-state index contributed by atoms with van der Waals surface area (Å²) in [6, 6.07) is 21.8. The first kappa shape index (κ1) is 24.0. The Hall–Kier alpha value is -3.16. The Morgan fingerprint density at radius 3 is 2.21 bits per heavy atom. The number of carbonyl (C=O) groups excluding carboxylic acids is 1. The van der Waals surface area contributed by atoms with Gasteiger partial charge in [-0.3, -0.25) is 4.79 Å². The number of hydrogen-bond acceptors (Lipinski definition) is 4. The smallest absolute Gasteiger partial charge is 0.255 e. The van der Waals surface area contributed by atoms with Gasteiger partial charge in [0.1, 0.15) is 5.75 Å². The highest BCUT2D eigenvalue weighted by Gasteiger charge is 2.28. The molecule has 1 N–H and O–H groups in total. The molecule has 178 valence electrons. The number of sulfonamides is 1. The number of rotatable bonds is 7. The Labute approximate surface area is 201 Å².